The Balaban J connectivity index is 2.75. The van der Waals surface area contributed by atoms with Gasteiger partial charge in [0.05, 0.1) is 5.69 Å². The first kappa shape index (κ1) is 8.39. The molecular formula is C8H10N2O2. The van der Waals surface area contributed by atoms with Crippen molar-refractivity contribution < 1.29 is 9.90 Å². The van der Waals surface area contributed by atoms with Gasteiger partial charge in [-0.2, -0.15) is 0 Å². The molecule has 0 spiro atoms. The molecule has 0 atom stereocenters. The van der Waals surface area contributed by atoms with Crippen LogP contribution < -0.4 is 10.6 Å². The summed E-state index contributed by atoms with van der Waals surface area (Å²) in [6.45, 7) is 0. The van der Waals surface area contributed by atoms with Gasteiger partial charge in [0, 0.05) is 7.05 Å². The summed E-state index contributed by atoms with van der Waals surface area (Å²) in [6, 6.07) is 6.18. The van der Waals surface area contributed by atoms with Gasteiger partial charge in [-0.05, 0) is 12.1 Å². The number of para-hydroxylation sites is 2. The Morgan fingerprint density at radius 3 is 2.67 bits per heavy atom. The first-order chi connectivity index (χ1) is 5.74. The van der Waals surface area contributed by atoms with Crippen molar-refractivity contribution in [1.29, 1.82) is 0 Å². The third kappa shape index (κ3) is 1.88. The number of carbonyl (C=O) groups excluding carboxylic acids is 1. The van der Waals surface area contributed by atoms with Crippen LogP contribution in [0.2, 0.25) is 0 Å². The summed E-state index contributed by atoms with van der Waals surface area (Å²) in [5, 5.41) is 14.1. The SMILES string of the molecule is CNC(=O)Nc1ccccc1O. The molecule has 4 heteroatoms. The monoisotopic (exact) mass is 166 g/mol. The van der Waals surface area contributed by atoms with E-state index in [9.17, 15) is 9.90 Å². The van der Waals surface area contributed by atoms with E-state index in [4.69, 9.17) is 0 Å². The second kappa shape index (κ2) is 3.61. The van der Waals surface area contributed by atoms with E-state index in [0.717, 1.165) is 0 Å². The number of phenols is 1. The maximum atomic E-state index is 10.8. The number of anilines is 1. The molecule has 64 valence electrons. The topological polar surface area (TPSA) is 61.4 Å². The number of aromatic hydroxyl groups is 1. The molecule has 3 N–H and O–H groups in total. The number of carbonyl (C=O) groups is 1. The summed E-state index contributed by atoms with van der Waals surface area (Å²) in [5.41, 5.74) is 0.400. The van der Waals surface area contributed by atoms with Crippen LogP contribution in [-0.4, -0.2) is 18.2 Å². The van der Waals surface area contributed by atoms with Gasteiger partial charge in [0.15, 0.2) is 0 Å². The van der Waals surface area contributed by atoms with Gasteiger partial charge in [-0.1, -0.05) is 12.1 Å². The molecule has 0 radical (unpaired) electrons. The van der Waals surface area contributed by atoms with E-state index in [-0.39, 0.29) is 11.8 Å². The highest BCUT2D eigenvalue weighted by molar-refractivity contribution is 5.90. The van der Waals surface area contributed by atoms with Crippen LogP contribution in [0.4, 0.5) is 10.5 Å². The summed E-state index contributed by atoms with van der Waals surface area (Å²) in [6.07, 6.45) is 0. The molecule has 0 aromatic heterocycles. The zero-order valence-corrected chi connectivity index (χ0v) is 6.66. The van der Waals surface area contributed by atoms with E-state index in [0.29, 0.717) is 5.69 Å². The highest BCUT2D eigenvalue weighted by Crippen LogP contribution is 2.20. The number of phenolic OH excluding ortho intramolecular Hbond substituents is 1. The van der Waals surface area contributed by atoms with Crippen molar-refractivity contribution in [1.82, 2.24) is 5.32 Å². The Morgan fingerprint density at radius 1 is 1.42 bits per heavy atom. The lowest BCUT2D eigenvalue weighted by Gasteiger charge is -2.04. The fourth-order valence-electron chi connectivity index (χ4n) is 0.764. The number of urea groups is 1. The highest BCUT2D eigenvalue weighted by Gasteiger charge is 2.01. The van der Waals surface area contributed by atoms with Gasteiger partial charge in [0.25, 0.3) is 0 Å². The lowest BCUT2D eigenvalue weighted by molar-refractivity contribution is 0.254. The fraction of sp³-hybridized carbons (Fsp3) is 0.125. The summed E-state index contributed by atoms with van der Waals surface area (Å²) >= 11 is 0. The molecule has 1 aromatic carbocycles. The molecule has 1 rings (SSSR count). The zero-order valence-electron chi connectivity index (χ0n) is 6.66. The molecule has 1 aromatic rings. The summed E-state index contributed by atoms with van der Waals surface area (Å²) in [7, 11) is 1.51. The van der Waals surface area contributed by atoms with Crippen LogP contribution in [0, 0.1) is 0 Å². The third-order valence-electron chi connectivity index (χ3n) is 1.38. The lowest BCUT2D eigenvalue weighted by atomic mass is 10.3. The van der Waals surface area contributed by atoms with Gasteiger partial charge in [0.2, 0.25) is 0 Å². The third-order valence-corrected chi connectivity index (χ3v) is 1.38. The lowest BCUT2D eigenvalue weighted by Crippen LogP contribution is -2.24. The zero-order chi connectivity index (χ0) is 8.97. The Morgan fingerprint density at radius 2 is 2.08 bits per heavy atom. The molecule has 0 saturated carbocycles. The van der Waals surface area contributed by atoms with Crippen molar-refractivity contribution in [2.75, 3.05) is 12.4 Å². The molecule has 0 fully saturated rings. The summed E-state index contributed by atoms with van der Waals surface area (Å²) < 4.78 is 0. The standard InChI is InChI=1S/C8H10N2O2/c1-9-8(12)10-6-4-2-3-5-7(6)11/h2-5,11H,1H3,(H2,9,10,12). The average Bonchev–Trinajstić information content (AvgIpc) is 2.09. The van der Waals surface area contributed by atoms with E-state index in [2.05, 4.69) is 10.6 Å². The van der Waals surface area contributed by atoms with E-state index >= 15 is 0 Å². The van der Waals surface area contributed by atoms with Crippen molar-refractivity contribution in [3.8, 4) is 5.75 Å². The smallest absolute Gasteiger partial charge is 0.319 e. The minimum Gasteiger partial charge on any atom is -0.506 e. The number of rotatable bonds is 1. The molecule has 0 saturated heterocycles. The molecule has 0 aliphatic rings. The first-order valence-electron chi connectivity index (χ1n) is 3.51. The quantitative estimate of drug-likeness (QED) is 0.548. The van der Waals surface area contributed by atoms with E-state index < -0.39 is 0 Å². The van der Waals surface area contributed by atoms with Crippen LogP contribution in [0.1, 0.15) is 0 Å². The second-order valence-electron chi connectivity index (χ2n) is 2.22. The molecule has 0 unspecified atom stereocenters. The highest BCUT2D eigenvalue weighted by atomic mass is 16.3. The van der Waals surface area contributed by atoms with Crippen LogP contribution in [0.25, 0.3) is 0 Å². The molecule has 12 heavy (non-hydrogen) atoms. The van der Waals surface area contributed by atoms with Crippen LogP contribution in [-0.2, 0) is 0 Å². The molecule has 0 heterocycles. The number of hydrogen-bond donors (Lipinski definition) is 3. The normalized spacial score (nSPS) is 9.08. The molecule has 0 aliphatic carbocycles. The van der Waals surface area contributed by atoms with Gasteiger partial charge in [-0.15, -0.1) is 0 Å². The largest absolute Gasteiger partial charge is 0.506 e. The number of amides is 2. The number of nitrogens with one attached hydrogen (secondary N) is 2. The number of hydrogen-bond acceptors (Lipinski definition) is 2. The van der Waals surface area contributed by atoms with Crippen LogP contribution in [0.15, 0.2) is 24.3 Å². The van der Waals surface area contributed by atoms with E-state index in [1.165, 1.54) is 13.1 Å². The maximum Gasteiger partial charge on any atom is 0.319 e. The van der Waals surface area contributed by atoms with Gasteiger partial charge in [-0.25, -0.2) is 4.79 Å². The van der Waals surface area contributed by atoms with Crippen molar-refractivity contribution in [3.63, 3.8) is 0 Å². The van der Waals surface area contributed by atoms with Crippen molar-refractivity contribution in [2.24, 2.45) is 0 Å². The molecule has 2 amide bonds. The van der Waals surface area contributed by atoms with Crippen molar-refractivity contribution in [3.05, 3.63) is 24.3 Å². The average molecular weight is 166 g/mol. The Kier molecular flexibility index (Phi) is 2.53. The predicted molar refractivity (Wildman–Crippen MR) is 46.2 cm³/mol. The minimum atomic E-state index is -0.350. The van der Waals surface area contributed by atoms with Crippen LogP contribution in [0.3, 0.4) is 0 Å². The van der Waals surface area contributed by atoms with Crippen molar-refractivity contribution in [2.45, 2.75) is 0 Å². The van der Waals surface area contributed by atoms with Gasteiger partial charge in [-0.3, -0.25) is 0 Å². The Labute approximate surface area is 70.2 Å². The Bertz CT molecular complexity index is 286. The molecule has 0 bridgehead atoms. The summed E-state index contributed by atoms with van der Waals surface area (Å²) in [4.78, 5) is 10.8. The Hall–Kier alpha value is -1.71. The molecule has 0 aliphatic heterocycles. The molecule has 4 nitrogen and oxygen atoms in total. The van der Waals surface area contributed by atoms with Crippen LogP contribution in [0.5, 0.6) is 5.75 Å². The fourth-order valence-corrected chi connectivity index (χ4v) is 0.764. The van der Waals surface area contributed by atoms with E-state index in [1.54, 1.807) is 18.2 Å². The second-order valence-corrected chi connectivity index (χ2v) is 2.22. The van der Waals surface area contributed by atoms with E-state index in [1.807, 2.05) is 0 Å². The predicted octanol–water partition coefficient (Wildman–Crippen LogP) is 1.14. The first-order valence-corrected chi connectivity index (χ1v) is 3.51. The van der Waals surface area contributed by atoms with Crippen molar-refractivity contribution >= 4 is 11.7 Å². The van der Waals surface area contributed by atoms with Gasteiger partial charge in [0.1, 0.15) is 5.75 Å². The number of benzene rings is 1. The minimum absolute atomic E-state index is 0.0566. The van der Waals surface area contributed by atoms with Gasteiger partial charge < -0.3 is 15.7 Å². The van der Waals surface area contributed by atoms with Crippen LogP contribution >= 0.6 is 0 Å². The summed E-state index contributed by atoms with van der Waals surface area (Å²) in [5.74, 6) is 0.0566. The maximum absolute atomic E-state index is 10.8. The molecular weight excluding hydrogens is 156 g/mol. The van der Waals surface area contributed by atoms with Gasteiger partial charge >= 0.3 is 6.03 Å².